The summed E-state index contributed by atoms with van der Waals surface area (Å²) in [6, 6.07) is 12.9. The number of nitrogens with one attached hydrogen (secondary N) is 1. The van der Waals surface area contributed by atoms with E-state index < -0.39 is 5.82 Å². The molecule has 1 aliphatic rings. The van der Waals surface area contributed by atoms with Crippen LogP contribution in [0.4, 0.5) is 10.2 Å². The topological polar surface area (TPSA) is 72.7 Å². The van der Waals surface area contributed by atoms with Gasteiger partial charge in [-0.3, -0.25) is 9.48 Å². The monoisotopic (exact) mass is 393 g/mol. The first-order chi connectivity index (χ1) is 14.0. The van der Waals surface area contributed by atoms with Crippen LogP contribution in [0.15, 0.2) is 48.7 Å². The summed E-state index contributed by atoms with van der Waals surface area (Å²) in [5.41, 5.74) is 0.913. The molecule has 7 heteroatoms. The largest absolute Gasteiger partial charge is 0.310 e. The van der Waals surface area contributed by atoms with E-state index in [2.05, 4.69) is 32.5 Å². The summed E-state index contributed by atoms with van der Waals surface area (Å²) in [7, 11) is 0. The minimum Gasteiger partial charge on any atom is -0.310 e. The van der Waals surface area contributed by atoms with Gasteiger partial charge in [0.05, 0.1) is 6.20 Å². The molecule has 2 unspecified atom stereocenters. The van der Waals surface area contributed by atoms with E-state index in [4.69, 9.17) is 0 Å². The number of nitrogens with zero attached hydrogens (tertiary/aromatic N) is 4. The zero-order valence-electron chi connectivity index (χ0n) is 16.6. The minimum atomic E-state index is -0.428. The third-order valence-electron chi connectivity index (χ3n) is 5.71. The van der Waals surface area contributed by atoms with E-state index in [1.54, 1.807) is 0 Å². The summed E-state index contributed by atoms with van der Waals surface area (Å²) in [4.78, 5) is 21.3. The molecular formula is C22H24FN5O. The van der Waals surface area contributed by atoms with Gasteiger partial charge in [-0.1, -0.05) is 37.3 Å². The highest BCUT2D eigenvalue weighted by atomic mass is 19.1. The van der Waals surface area contributed by atoms with Gasteiger partial charge in [0.2, 0.25) is 5.91 Å². The van der Waals surface area contributed by atoms with Crippen molar-refractivity contribution in [3.8, 4) is 0 Å². The molecule has 1 aliphatic carbocycles. The Labute approximate surface area is 169 Å². The second kappa shape index (κ2) is 7.73. The third kappa shape index (κ3) is 3.90. The normalized spacial score (nSPS) is 20.4. The Morgan fingerprint density at radius 1 is 1.28 bits per heavy atom. The number of anilines is 1. The molecule has 150 valence electrons. The number of hydrogen-bond donors (Lipinski definition) is 1. The Kier molecular flexibility index (Phi) is 5.13. The Morgan fingerprint density at radius 2 is 2.07 bits per heavy atom. The minimum absolute atomic E-state index is 0.0856. The lowest BCUT2D eigenvalue weighted by Crippen LogP contribution is -2.23. The van der Waals surface area contributed by atoms with Gasteiger partial charge in [-0.25, -0.2) is 14.4 Å². The highest BCUT2D eigenvalue weighted by Crippen LogP contribution is 2.57. The van der Waals surface area contributed by atoms with Crippen LogP contribution >= 0.6 is 0 Å². The number of halogens is 1. The van der Waals surface area contributed by atoms with Crippen LogP contribution < -0.4 is 5.32 Å². The van der Waals surface area contributed by atoms with Crippen LogP contribution in [-0.2, 0) is 23.2 Å². The maximum atomic E-state index is 13.1. The van der Waals surface area contributed by atoms with Crippen LogP contribution in [0.2, 0.25) is 0 Å². The molecule has 0 spiro atoms. The van der Waals surface area contributed by atoms with Crippen LogP contribution in [0.5, 0.6) is 0 Å². The number of amides is 1. The van der Waals surface area contributed by atoms with E-state index in [1.807, 2.05) is 36.7 Å². The maximum absolute atomic E-state index is 13.1. The van der Waals surface area contributed by atoms with Crippen LogP contribution in [0, 0.1) is 18.7 Å². The first-order valence-corrected chi connectivity index (χ1v) is 9.90. The van der Waals surface area contributed by atoms with Gasteiger partial charge in [0.25, 0.3) is 0 Å². The number of rotatable bonds is 7. The van der Waals surface area contributed by atoms with Crippen molar-refractivity contribution in [1.82, 2.24) is 19.7 Å². The molecule has 0 saturated heterocycles. The van der Waals surface area contributed by atoms with Gasteiger partial charge in [-0.2, -0.15) is 5.10 Å². The molecule has 2 aromatic heterocycles. The number of carbonyl (C=O) groups excluding carboxylic acids is 1. The Balaban J connectivity index is 1.52. The van der Waals surface area contributed by atoms with Crippen LogP contribution in [0.3, 0.4) is 0 Å². The molecule has 4 rings (SSSR count). The molecule has 1 aromatic carbocycles. The SMILES string of the molecule is CCc1nc(C)n(CCC2(c3ccccc3)CC2C(=O)Nc2ccc(F)cn2)n1. The van der Waals surface area contributed by atoms with Crippen molar-refractivity contribution >= 4 is 11.7 Å². The average molecular weight is 393 g/mol. The van der Waals surface area contributed by atoms with Crippen molar-refractivity contribution in [3.63, 3.8) is 0 Å². The van der Waals surface area contributed by atoms with Crippen molar-refractivity contribution in [2.75, 3.05) is 5.32 Å². The number of carbonyl (C=O) groups is 1. The summed E-state index contributed by atoms with van der Waals surface area (Å²) in [6.07, 6.45) is 3.46. The summed E-state index contributed by atoms with van der Waals surface area (Å²) >= 11 is 0. The molecule has 0 bridgehead atoms. The summed E-state index contributed by atoms with van der Waals surface area (Å²) in [6.45, 7) is 4.69. The lowest BCUT2D eigenvalue weighted by molar-refractivity contribution is -0.117. The van der Waals surface area contributed by atoms with E-state index in [1.165, 1.54) is 12.1 Å². The fourth-order valence-corrected chi connectivity index (χ4v) is 3.97. The third-order valence-corrected chi connectivity index (χ3v) is 5.71. The Hall–Kier alpha value is -3.09. The van der Waals surface area contributed by atoms with E-state index in [0.717, 1.165) is 42.7 Å². The van der Waals surface area contributed by atoms with Gasteiger partial charge in [-0.15, -0.1) is 0 Å². The van der Waals surface area contributed by atoms with Crippen molar-refractivity contribution < 1.29 is 9.18 Å². The average Bonchev–Trinajstić information content (AvgIpc) is 3.38. The zero-order chi connectivity index (χ0) is 20.4. The molecule has 0 aliphatic heterocycles. The molecule has 6 nitrogen and oxygen atoms in total. The number of hydrogen-bond acceptors (Lipinski definition) is 4. The molecule has 1 fully saturated rings. The fraction of sp³-hybridized carbons (Fsp3) is 0.364. The highest BCUT2D eigenvalue weighted by Gasteiger charge is 2.58. The van der Waals surface area contributed by atoms with Gasteiger partial charge < -0.3 is 5.32 Å². The smallest absolute Gasteiger partial charge is 0.229 e. The molecule has 1 N–H and O–H groups in total. The quantitative estimate of drug-likeness (QED) is 0.665. The molecule has 1 saturated carbocycles. The molecular weight excluding hydrogens is 369 g/mol. The summed E-state index contributed by atoms with van der Waals surface area (Å²) in [5, 5.41) is 7.39. The fourth-order valence-electron chi connectivity index (χ4n) is 3.97. The summed E-state index contributed by atoms with van der Waals surface area (Å²) < 4.78 is 15.0. The second-order valence-electron chi connectivity index (χ2n) is 7.53. The van der Waals surface area contributed by atoms with Gasteiger partial charge in [-0.05, 0) is 37.5 Å². The van der Waals surface area contributed by atoms with Gasteiger partial charge >= 0.3 is 0 Å². The van der Waals surface area contributed by atoms with E-state index >= 15 is 0 Å². The van der Waals surface area contributed by atoms with Crippen molar-refractivity contribution in [2.24, 2.45) is 5.92 Å². The lowest BCUT2D eigenvalue weighted by Gasteiger charge is -2.18. The zero-order valence-corrected chi connectivity index (χ0v) is 16.6. The van der Waals surface area contributed by atoms with Crippen LogP contribution in [0.25, 0.3) is 0 Å². The predicted octanol–water partition coefficient (Wildman–Crippen LogP) is 3.67. The Bertz CT molecular complexity index is 1000. The lowest BCUT2D eigenvalue weighted by atomic mass is 9.89. The van der Waals surface area contributed by atoms with Crippen LogP contribution in [-0.4, -0.2) is 25.7 Å². The van der Waals surface area contributed by atoms with Gasteiger partial charge in [0.1, 0.15) is 17.5 Å². The van der Waals surface area contributed by atoms with Crippen molar-refractivity contribution in [1.29, 1.82) is 0 Å². The van der Waals surface area contributed by atoms with Gasteiger partial charge in [0.15, 0.2) is 5.82 Å². The molecule has 0 radical (unpaired) electrons. The number of pyridine rings is 1. The number of aromatic nitrogens is 4. The van der Waals surface area contributed by atoms with Gasteiger partial charge in [0, 0.05) is 24.3 Å². The molecule has 2 heterocycles. The second-order valence-corrected chi connectivity index (χ2v) is 7.53. The van der Waals surface area contributed by atoms with Crippen molar-refractivity contribution in [2.45, 2.75) is 45.1 Å². The number of aryl methyl sites for hydroxylation is 3. The van der Waals surface area contributed by atoms with Crippen molar-refractivity contribution in [3.05, 3.63) is 71.7 Å². The predicted molar refractivity (Wildman–Crippen MR) is 108 cm³/mol. The maximum Gasteiger partial charge on any atom is 0.229 e. The first-order valence-electron chi connectivity index (χ1n) is 9.90. The van der Waals surface area contributed by atoms with E-state index in [0.29, 0.717) is 12.4 Å². The first kappa shape index (κ1) is 19.2. The number of benzene rings is 1. The molecule has 2 atom stereocenters. The van der Waals surface area contributed by atoms with Crippen LogP contribution in [0.1, 0.15) is 37.0 Å². The molecule has 1 amide bonds. The Morgan fingerprint density at radius 3 is 2.72 bits per heavy atom. The summed E-state index contributed by atoms with van der Waals surface area (Å²) in [5.74, 6) is 1.42. The van der Waals surface area contributed by atoms with E-state index in [-0.39, 0.29) is 17.2 Å². The highest BCUT2D eigenvalue weighted by molar-refractivity contribution is 5.95. The molecule has 3 aromatic rings. The molecule has 29 heavy (non-hydrogen) atoms. The van der Waals surface area contributed by atoms with E-state index in [9.17, 15) is 9.18 Å². The standard InChI is InChI=1S/C22H24FN5O/c1-3-19-25-15(2)28(27-19)12-11-22(16-7-5-4-6-8-16)13-18(22)21(29)26-20-10-9-17(23)14-24-20/h4-10,14,18H,3,11-13H2,1-2H3,(H,24,26,29).